The molecule has 0 fully saturated rings. The van der Waals surface area contributed by atoms with E-state index in [1.165, 1.54) is 10.8 Å². The third kappa shape index (κ3) is 5.66. The molecule has 0 spiro atoms. The second-order valence-electron chi connectivity index (χ2n) is 6.96. The Bertz CT molecular complexity index is 1500. The van der Waals surface area contributed by atoms with Crippen LogP contribution in [0, 0.1) is 0 Å². The number of sulfonamides is 1. The molecule has 180 valence electrons. The SMILES string of the molecule is O=P(O)(O)O.O=S(=O)(Nc1cc2ccccc2c(-c2cccc3ccccc23)c1O)C(F)(F)F. The summed E-state index contributed by atoms with van der Waals surface area (Å²) in [6.45, 7) is 0. The van der Waals surface area contributed by atoms with Gasteiger partial charge in [0.05, 0.1) is 5.69 Å². The lowest BCUT2D eigenvalue weighted by molar-refractivity contribution is -0.0429. The highest BCUT2D eigenvalue weighted by atomic mass is 32.2. The van der Waals surface area contributed by atoms with Gasteiger partial charge in [0, 0.05) is 5.56 Å². The lowest BCUT2D eigenvalue weighted by Gasteiger charge is -2.17. The fourth-order valence-electron chi connectivity index (χ4n) is 3.33. The van der Waals surface area contributed by atoms with E-state index in [4.69, 9.17) is 19.2 Å². The Labute approximate surface area is 191 Å². The molecule has 0 aliphatic carbocycles. The molecule has 0 aliphatic rings. The van der Waals surface area contributed by atoms with Gasteiger partial charge in [-0.25, -0.2) is 4.57 Å². The molecule has 0 aromatic heterocycles. The van der Waals surface area contributed by atoms with Crippen LogP contribution in [-0.2, 0) is 14.6 Å². The van der Waals surface area contributed by atoms with Gasteiger partial charge in [0.15, 0.2) is 0 Å². The van der Waals surface area contributed by atoms with Gasteiger partial charge in [-0.15, -0.1) is 0 Å². The summed E-state index contributed by atoms with van der Waals surface area (Å²) in [5.41, 5.74) is -5.22. The summed E-state index contributed by atoms with van der Waals surface area (Å²) in [6, 6.07) is 20.6. The fraction of sp³-hybridized carbons (Fsp3) is 0.0476. The van der Waals surface area contributed by atoms with Gasteiger partial charge in [0.1, 0.15) is 5.75 Å². The Hall–Kier alpha value is -3.15. The number of halogens is 3. The Balaban J connectivity index is 0.000000588. The van der Waals surface area contributed by atoms with E-state index < -0.39 is 34.8 Å². The van der Waals surface area contributed by atoms with Crippen molar-refractivity contribution in [1.82, 2.24) is 0 Å². The van der Waals surface area contributed by atoms with Gasteiger partial charge >= 0.3 is 23.4 Å². The van der Waals surface area contributed by atoms with Crippen molar-refractivity contribution in [3.8, 4) is 16.9 Å². The van der Waals surface area contributed by atoms with Gasteiger partial charge < -0.3 is 19.8 Å². The number of benzene rings is 4. The van der Waals surface area contributed by atoms with E-state index in [9.17, 15) is 26.7 Å². The summed E-state index contributed by atoms with van der Waals surface area (Å²) in [4.78, 5) is 21.6. The number of rotatable bonds is 3. The average molecular weight is 515 g/mol. The Morgan fingerprint density at radius 1 is 0.794 bits per heavy atom. The lowest BCUT2D eigenvalue weighted by atomic mass is 9.92. The molecule has 0 unspecified atom stereocenters. The van der Waals surface area contributed by atoms with Crippen LogP contribution in [0.15, 0.2) is 72.8 Å². The molecule has 0 bridgehead atoms. The molecule has 4 aromatic carbocycles. The highest BCUT2D eigenvalue weighted by molar-refractivity contribution is 7.93. The maximum absolute atomic E-state index is 12.9. The quantitative estimate of drug-likeness (QED) is 0.197. The number of nitrogens with one attached hydrogen (secondary N) is 1. The van der Waals surface area contributed by atoms with Gasteiger partial charge in [-0.3, -0.25) is 4.72 Å². The van der Waals surface area contributed by atoms with Gasteiger partial charge in [0.25, 0.3) is 0 Å². The number of phenols is 1. The highest BCUT2D eigenvalue weighted by Gasteiger charge is 2.46. The molecule has 13 heteroatoms. The summed E-state index contributed by atoms with van der Waals surface area (Å²) in [5, 5.41) is 13.5. The smallest absolute Gasteiger partial charge is 0.505 e. The van der Waals surface area contributed by atoms with Crippen molar-refractivity contribution in [3.63, 3.8) is 0 Å². The number of aromatic hydroxyl groups is 1. The van der Waals surface area contributed by atoms with Crippen LogP contribution in [0.5, 0.6) is 5.75 Å². The van der Waals surface area contributed by atoms with E-state index in [1.54, 1.807) is 42.5 Å². The molecular formula is C21H17F3NO7PS. The van der Waals surface area contributed by atoms with E-state index in [-0.39, 0.29) is 5.56 Å². The number of hydrogen-bond donors (Lipinski definition) is 5. The highest BCUT2D eigenvalue weighted by Crippen LogP contribution is 2.45. The third-order valence-electron chi connectivity index (χ3n) is 4.63. The van der Waals surface area contributed by atoms with Crippen LogP contribution in [0.3, 0.4) is 0 Å². The van der Waals surface area contributed by atoms with E-state index in [2.05, 4.69) is 0 Å². The molecule has 4 aromatic rings. The minimum atomic E-state index is -5.69. The molecule has 4 rings (SSSR count). The van der Waals surface area contributed by atoms with Crippen molar-refractivity contribution in [2.45, 2.75) is 5.51 Å². The molecule has 34 heavy (non-hydrogen) atoms. The van der Waals surface area contributed by atoms with Crippen molar-refractivity contribution in [2.75, 3.05) is 4.72 Å². The summed E-state index contributed by atoms with van der Waals surface area (Å²) in [5.74, 6) is -0.576. The first kappa shape index (κ1) is 25.5. The second-order valence-corrected chi connectivity index (χ2v) is 9.66. The zero-order chi connectivity index (χ0) is 25.3. The normalized spacial score (nSPS) is 12.3. The molecule has 0 heterocycles. The number of anilines is 1. The van der Waals surface area contributed by atoms with Crippen LogP contribution >= 0.6 is 7.82 Å². The molecule has 8 nitrogen and oxygen atoms in total. The molecular weight excluding hydrogens is 498 g/mol. The molecule has 0 radical (unpaired) electrons. The van der Waals surface area contributed by atoms with Crippen molar-refractivity contribution in [3.05, 3.63) is 72.8 Å². The van der Waals surface area contributed by atoms with Gasteiger partial charge in [-0.2, -0.15) is 21.6 Å². The van der Waals surface area contributed by atoms with Crippen LogP contribution in [0.25, 0.3) is 32.7 Å². The zero-order valence-corrected chi connectivity index (χ0v) is 18.6. The minimum absolute atomic E-state index is 0.250. The van der Waals surface area contributed by atoms with Crippen LogP contribution in [0.2, 0.25) is 0 Å². The standard InChI is InChI=1S/C21H14F3NO3S.H3O4P/c22-21(23,24)29(27,28)25-18-12-14-7-2-4-10-16(14)19(20(18)26)17-11-5-8-13-6-1-3-9-15(13)17;1-5(2,3)4/h1-12,25-26H;(H3,1,2,3,4). The van der Waals surface area contributed by atoms with Crippen LogP contribution < -0.4 is 4.72 Å². The van der Waals surface area contributed by atoms with Crippen molar-refractivity contribution >= 4 is 45.1 Å². The average Bonchev–Trinajstić information content (AvgIpc) is 2.72. The van der Waals surface area contributed by atoms with E-state index >= 15 is 0 Å². The number of hydrogen-bond acceptors (Lipinski definition) is 4. The molecule has 0 atom stereocenters. The largest absolute Gasteiger partial charge is 0.516 e. The number of phosphoric acid groups is 1. The molecule has 5 N–H and O–H groups in total. The summed E-state index contributed by atoms with van der Waals surface area (Å²) in [6.07, 6.45) is 0. The van der Waals surface area contributed by atoms with Crippen LogP contribution in [0.1, 0.15) is 0 Å². The fourth-order valence-corrected chi connectivity index (χ4v) is 3.89. The first-order valence-corrected chi connectivity index (χ1v) is 12.3. The van der Waals surface area contributed by atoms with E-state index in [0.717, 1.165) is 10.8 Å². The summed E-state index contributed by atoms with van der Waals surface area (Å²) in [7, 11) is -10.3. The monoisotopic (exact) mass is 515 g/mol. The Morgan fingerprint density at radius 3 is 1.88 bits per heavy atom. The molecule has 0 amide bonds. The number of fused-ring (bicyclic) bond motifs is 2. The van der Waals surface area contributed by atoms with Crippen molar-refractivity contribution in [1.29, 1.82) is 0 Å². The maximum atomic E-state index is 12.9. The van der Waals surface area contributed by atoms with Gasteiger partial charge in [-0.05, 0) is 33.2 Å². The Morgan fingerprint density at radius 2 is 1.29 bits per heavy atom. The van der Waals surface area contributed by atoms with Crippen LogP contribution in [-0.4, -0.2) is 33.7 Å². The minimum Gasteiger partial charge on any atom is -0.505 e. The second kappa shape index (κ2) is 9.24. The molecule has 0 aliphatic heterocycles. The van der Waals surface area contributed by atoms with Gasteiger partial charge in [0.2, 0.25) is 0 Å². The maximum Gasteiger partial charge on any atom is 0.516 e. The van der Waals surface area contributed by atoms with Gasteiger partial charge in [-0.1, -0.05) is 66.7 Å². The summed E-state index contributed by atoms with van der Waals surface area (Å²) >= 11 is 0. The topological polar surface area (TPSA) is 144 Å². The first-order valence-electron chi connectivity index (χ1n) is 9.29. The molecule has 0 saturated carbocycles. The number of phenolic OH excluding ortho intramolecular Hbond substituents is 1. The van der Waals surface area contributed by atoms with E-state index in [1.807, 2.05) is 24.3 Å². The summed E-state index contributed by atoms with van der Waals surface area (Å²) < 4.78 is 72.2. The van der Waals surface area contributed by atoms with Crippen molar-refractivity contribution in [2.24, 2.45) is 0 Å². The predicted molar refractivity (Wildman–Crippen MR) is 121 cm³/mol. The van der Waals surface area contributed by atoms with Crippen molar-refractivity contribution < 1.29 is 45.9 Å². The molecule has 0 saturated heterocycles. The Kier molecular flexibility index (Phi) is 6.92. The van der Waals surface area contributed by atoms with E-state index in [0.29, 0.717) is 16.3 Å². The van der Waals surface area contributed by atoms with Crippen LogP contribution in [0.4, 0.5) is 18.9 Å². The number of alkyl halides is 3. The predicted octanol–water partition coefficient (Wildman–Crippen LogP) is 4.70. The zero-order valence-electron chi connectivity index (χ0n) is 16.9. The third-order valence-corrected chi connectivity index (χ3v) is 5.73. The first-order chi connectivity index (χ1) is 15.7. The lowest BCUT2D eigenvalue weighted by Crippen LogP contribution is -2.29.